The lowest BCUT2D eigenvalue weighted by atomic mass is 10.3. The molecule has 4 nitrogen and oxygen atoms in total. The minimum absolute atomic E-state index is 0.548. The van der Waals surface area contributed by atoms with Gasteiger partial charge in [-0.15, -0.1) is 0 Å². The van der Waals surface area contributed by atoms with Crippen LogP contribution >= 0.6 is 47.8 Å². The average Bonchev–Trinajstić information content (AvgIpc) is 2.31. The van der Waals surface area contributed by atoms with Crippen LogP contribution in [0.4, 0.5) is 5.69 Å². The van der Waals surface area contributed by atoms with Gasteiger partial charge in [0.05, 0.1) is 5.69 Å². The fourth-order valence-corrected chi connectivity index (χ4v) is 3.71. The molecule has 0 aliphatic carbocycles. The van der Waals surface area contributed by atoms with E-state index < -0.39 is 0 Å². The van der Waals surface area contributed by atoms with Crippen molar-refractivity contribution in [2.24, 2.45) is 10.8 Å². The Morgan fingerprint density at radius 1 is 1.28 bits per heavy atom. The van der Waals surface area contributed by atoms with Crippen molar-refractivity contribution in [2.75, 3.05) is 11.9 Å². The number of rotatable bonds is 4. The first-order valence-corrected chi connectivity index (χ1v) is 7.89. The van der Waals surface area contributed by atoms with E-state index >= 15 is 0 Å². The van der Waals surface area contributed by atoms with Crippen LogP contribution in [0, 0.1) is 0 Å². The Morgan fingerprint density at radius 2 is 1.89 bits per heavy atom. The molecule has 0 aromatic heterocycles. The van der Waals surface area contributed by atoms with E-state index in [9.17, 15) is 0 Å². The van der Waals surface area contributed by atoms with Gasteiger partial charge in [0.2, 0.25) is 5.96 Å². The minimum atomic E-state index is 0.548. The first-order chi connectivity index (χ1) is 8.58. The van der Waals surface area contributed by atoms with E-state index in [-0.39, 0.29) is 0 Å². The molecule has 0 aliphatic heterocycles. The van der Waals surface area contributed by atoms with Gasteiger partial charge in [-0.1, -0.05) is 29.3 Å². The minimum Gasteiger partial charge on any atom is -0.323 e. The van der Waals surface area contributed by atoms with Crippen LogP contribution < -0.4 is 16.6 Å². The van der Waals surface area contributed by atoms with Crippen molar-refractivity contribution in [3.63, 3.8) is 0 Å². The van der Waals surface area contributed by atoms with E-state index in [4.69, 9.17) is 5.84 Å². The smallest absolute Gasteiger partial charge is 0.210 e. The molecule has 0 spiro atoms. The standard InChI is InChI=1S/C11H15Br3N4/c1-2-3-4-16-11(18-15)17-10-8(13)5-7(12)6-9(10)14/h5-6H,2-4,15H2,1H3,(H2,16,17,18). The molecule has 0 atom stereocenters. The van der Waals surface area contributed by atoms with Crippen molar-refractivity contribution in [3.05, 3.63) is 25.6 Å². The number of hydrogen-bond donors (Lipinski definition) is 3. The van der Waals surface area contributed by atoms with Crippen molar-refractivity contribution in [1.29, 1.82) is 0 Å². The number of unbranched alkanes of at least 4 members (excludes halogenated alkanes) is 1. The second-order valence-corrected chi connectivity index (χ2v) is 6.22. The Morgan fingerprint density at radius 3 is 2.39 bits per heavy atom. The molecule has 0 saturated heterocycles. The molecule has 100 valence electrons. The second-order valence-electron chi connectivity index (χ2n) is 3.60. The summed E-state index contributed by atoms with van der Waals surface area (Å²) in [6.45, 7) is 2.87. The number of nitrogens with one attached hydrogen (secondary N) is 2. The molecule has 0 amide bonds. The van der Waals surface area contributed by atoms with Gasteiger partial charge < -0.3 is 5.32 Å². The third kappa shape index (κ3) is 4.87. The number of guanidine groups is 1. The molecular formula is C11H15Br3N4. The maximum atomic E-state index is 5.45. The Kier molecular flexibility index (Phi) is 7.21. The summed E-state index contributed by atoms with van der Waals surface area (Å²) in [5, 5.41) is 3.15. The van der Waals surface area contributed by atoms with E-state index in [1.165, 1.54) is 0 Å². The molecule has 0 unspecified atom stereocenters. The van der Waals surface area contributed by atoms with Gasteiger partial charge in [0.1, 0.15) is 0 Å². The van der Waals surface area contributed by atoms with Gasteiger partial charge in [0, 0.05) is 20.0 Å². The van der Waals surface area contributed by atoms with Crippen LogP contribution in [0.3, 0.4) is 0 Å². The highest BCUT2D eigenvalue weighted by Crippen LogP contribution is 2.34. The summed E-state index contributed by atoms with van der Waals surface area (Å²) in [6, 6.07) is 3.90. The number of aliphatic imine (C=N–C) groups is 1. The van der Waals surface area contributed by atoms with Crippen molar-refractivity contribution in [3.8, 4) is 0 Å². The predicted molar refractivity (Wildman–Crippen MR) is 87.7 cm³/mol. The monoisotopic (exact) mass is 440 g/mol. The molecule has 0 radical (unpaired) electrons. The number of anilines is 1. The topological polar surface area (TPSA) is 62.4 Å². The quantitative estimate of drug-likeness (QED) is 0.217. The second kappa shape index (κ2) is 8.14. The Balaban J connectivity index is 2.85. The zero-order valence-electron chi connectivity index (χ0n) is 9.93. The Labute approximate surface area is 132 Å². The first-order valence-electron chi connectivity index (χ1n) is 5.51. The number of nitrogens with two attached hydrogens (primary N) is 1. The van der Waals surface area contributed by atoms with Gasteiger partial charge in [-0.3, -0.25) is 10.4 Å². The molecule has 1 rings (SSSR count). The predicted octanol–water partition coefficient (Wildman–Crippen LogP) is 4.01. The summed E-state index contributed by atoms with van der Waals surface area (Å²) < 4.78 is 2.82. The first kappa shape index (κ1) is 15.9. The molecular weight excluding hydrogens is 428 g/mol. The summed E-state index contributed by atoms with van der Waals surface area (Å²) in [6.07, 6.45) is 2.14. The molecule has 4 N–H and O–H groups in total. The van der Waals surface area contributed by atoms with Crippen LogP contribution in [0.25, 0.3) is 0 Å². The highest BCUT2D eigenvalue weighted by atomic mass is 79.9. The van der Waals surface area contributed by atoms with Gasteiger partial charge in [0.15, 0.2) is 0 Å². The summed E-state index contributed by atoms with van der Waals surface area (Å²) in [4.78, 5) is 4.35. The maximum Gasteiger partial charge on any atom is 0.210 e. The van der Waals surface area contributed by atoms with Crippen molar-refractivity contribution in [1.82, 2.24) is 5.43 Å². The number of halogens is 3. The average molecular weight is 443 g/mol. The van der Waals surface area contributed by atoms with Crippen LogP contribution in [-0.4, -0.2) is 12.5 Å². The normalized spacial score (nSPS) is 11.5. The fourth-order valence-electron chi connectivity index (χ4n) is 1.25. The lowest BCUT2D eigenvalue weighted by Gasteiger charge is -2.13. The Bertz CT molecular complexity index is 411. The van der Waals surface area contributed by atoms with Crippen molar-refractivity contribution < 1.29 is 0 Å². The van der Waals surface area contributed by atoms with Gasteiger partial charge in [-0.25, -0.2) is 5.84 Å². The molecule has 0 aliphatic rings. The summed E-state index contributed by atoms with van der Waals surface area (Å²) in [5.74, 6) is 6.00. The van der Waals surface area contributed by atoms with E-state index in [2.05, 4.69) is 70.4 Å². The third-order valence-electron chi connectivity index (χ3n) is 2.17. The highest BCUT2D eigenvalue weighted by molar-refractivity contribution is 9.11. The molecule has 0 fully saturated rings. The lowest BCUT2D eigenvalue weighted by Crippen LogP contribution is -2.36. The van der Waals surface area contributed by atoms with E-state index in [0.717, 1.165) is 38.5 Å². The Hall–Kier alpha value is -0.110. The van der Waals surface area contributed by atoms with Crippen LogP contribution in [-0.2, 0) is 0 Å². The van der Waals surface area contributed by atoms with E-state index in [1.807, 2.05) is 12.1 Å². The highest BCUT2D eigenvalue weighted by Gasteiger charge is 2.08. The fraction of sp³-hybridized carbons (Fsp3) is 0.364. The molecule has 1 aromatic carbocycles. The molecule has 0 heterocycles. The summed E-state index contributed by atoms with van der Waals surface area (Å²) >= 11 is 10.4. The lowest BCUT2D eigenvalue weighted by molar-refractivity contribution is 0.801. The van der Waals surface area contributed by atoms with E-state index in [1.54, 1.807) is 0 Å². The van der Waals surface area contributed by atoms with Crippen molar-refractivity contribution >= 4 is 59.4 Å². The largest absolute Gasteiger partial charge is 0.323 e. The molecule has 7 heteroatoms. The number of hydrazine groups is 1. The van der Waals surface area contributed by atoms with Gasteiger partial charge >= 0.3 is 0 Å². The zero-order valence-corrected chi connectivity index (χ0v) is 14.7. The van der Waals surface area contributed by atoms with E-state index in [0.29, 0.717) is 5.96 Å². The summed E-state index contributed by atoms with van der Waals surface area (Å²) in [7, 11) is 0. The number of nitrogens with zero attached hydrogens (tertiary/aromatic N) is 1. The molecule has 18 heavy (non-hydrogen) atoms. The van der Waals surface area contributed by atoms with Gasteiger partial charge in [-0.05, 0) is 50.4 Å². The third-order valence-corrected chi connectivity index (χ3v) is 3.88. The van der Waals surface area contributed by atoms with Gasteiger partial charge in [0.25, 0.3) is 0 Å². The molecule has 1 aromatic rings. The maximum absolute atomic E-state index is 5.45. The number of benzene rings is 1. The number of hydrogen-bond acceptors (Lipinski definition) is 2. The van der Waals surface area contributed by atoms with Crippen LogP contribution in [0.2, 0.25) is 0 Å². The molecule has 0 saturated carbocycles. The van der Waals surface area contributed by atoms with Crippen LogP contribution in [0.15, 0.2) is 30.5 Å². The van der Waals surface area contributed by atoms with Crippen LogP contribution in [0.1, 0.15) is 19.8 Å². The van der Waals surface area contributed by atoms with Gasteiger partial charge in [-0.2, -0.15) is 0 Å². The SMILES string of the molecule is CCCCN=C(NN)Nc1c(Br)cc(Br)cc1Br. The summed E-state index contributed by atoms with van der Waals surface area (Å²) in [5.41, 5.74) is 3.44. The zero-order chi connectivity index (χ0) is 13.5. The van der Waals surface area contributed by atoms with Crippen molar-refractivity contribution in [2.45, 2.75) is 19.8 Å². The van der Waals surface area contributed by atoms with Crippen LogP contribution in [0.5, 0.6) is 0 Å². The molecule has 0 bridgehead atoms.